The van der Waals surface area contributed by atoms with E-state index in [1.807, 2.05) is 0 Å². The molecule has 1 saturated heterocycles. The molecule has 1 fully saturated rings. The van der Waals surface area contributed by atoms with Gasteiger partial charge in [0.15, 0.2) is 5.76 Å². The van der Waals surface area contributed by atoms with Crippen LogP contribution >= 0.6 is 0 Å². The molecule has 0 bridgehead atoms. The van der Waals surface area contributed by atoms with Crippen LogP contribution in [0.1, 0.15) is 45.1 Å². The fourth-order valence-electron chi connectivity index (χ4n) is 3.90. The number of carbonyl (C=O) groups is 1. The van der Waals surface area contributed by atoms with E-state index in [0.717, 1.165) is 25.9 Å². The summed E-state index contributed by atoms with van der Waals surface area (Å²) in [5, 5.41) is 6.61. The van der Waals surface area contributed by atoms with E-state index in [2.05, 4.69) is 33.9 Å². The highest BCUT2D eigenvalue weighted by Crippen LogP contribution is 2.20. The predicted octanol–water partition coefficient (Wildman–Crippen LogP) is 1.21. The Kier molecular flexibility index (Phi) is 8.62. The molecule has 2 heterocycles. The van der Waals surface area contributed by atoms with Crippen LogP contribution in [0, 0.1) is 19.8 Å². The Morgan fingerprint density at radius 2 is 1.83 bits per heavy atom. The van der Waals surface area contributed by atoms with Crippen molar-refractivity contribution in [3.63, 3.8) is 0 Å². The van der Waals surface area contributed by atoms with Gasteiger partial charge in [-0.2, -0.15) is 4.72 Å². The average molecular weight is 431 g/mol. The highest BCUT2D eigenvalue weighted by atomic mass is 32.2. The number of hydrogen-bond acceptors (Lipinski definition) is 7. The quantitative estimate of drug-likeness (QED) is 0.573. The lowest BCUT2D eigenvalue weighted by Gasteiger charge is -2.39. The molecule has 1 aliphatic rings. The number of carbonyl (C=O) groups excluding carboxylic acids is 1. The Morgan fingerprint density at radius 3 is 2.34 bits per heavy atom. The van der Waals surface area contributed by atoms with Gasteiger partial charge in [-0.05, 0) is 26.7 Å². The van der Waals surface area contributed by atoms with Crippen molar-refractivity contribution >= 4 is 15.9 Å². The number of rotatable bonds is 10. The Labute approximate surface area is 173 Å². The van der Waals surface area contributed by atoms with Gasteiger partial charge in [0.05, 0.1) is 19.3 Å². The normalized spacial score (nSPS) is 18.0. The third-order valence-electron chi connectivity index (χ3n) is 5.55. The third kappa shape index (κ3) is 6.00. The van der Waals surface area contributed by atoms with Gasteiger partial charge in [-0.25, -0.2) is 8.42 Å². The van der Waals surface area contributed by atoms with Crippen LogP contribution in [0.15, 0.2) is 9.42 Å². The second kappa shape index (κ2) is 10.5. The molecule has 1 unspecified atom stereocenters. The SMILES string of the molecule is CCC(CC)C(CNC(=O)[C@H](C)NS(=O)(=O)c1c(C)noc1C)N1CCOCC1. The Hall–Kier alpha value is -1.49. The maximum absolute atomic E-state index is 12.6. The summed E-state index contributed by atoms with van der Waals surface area (Å²) in [6.07, 6.45) is 2.03. The number of nitrogens with zero attached hydrogens (tertiary/aromatic N) is 2. The number of morpholine rings is 1. The largest absolute Gasteiger partial charge is 0.379 e. The van der Waals surface area contributed by atoms with Crippen molar-refractivity contribution in [2.75, 3.05) is 32.8 Å². The smallest absolute Gasteiger partial charge is 0.246 e. The van der Waals surface area contributed by atoms with Crippen molar-refractivity contribution in [3.8, 4) is 0 Å². The highest BCUT2D eigenvalue weighted by molar-refractivity contribution is 7.89. The van der Waals surface area contributed by atoms with Crippen LogP contribution in [0.5, 0.6) is 0 Å². The van der Waals surface area contributed by atoms with Gasteiger partial charge in [-0.3, -0.25) is 9.69 Å². The van der Waals surface area contributed by atoms with Crippen LogP contribution in [0.2, 0.25) is 0 Å². The summed E-state index contributed by atoms with van der Waals surface area (Å²) >= 11 is 0. The van der Waals surface area contributed by atoms with E-state index in [9.17, 15) is 13.2 Å². The van der Waals surface area contributed by atoms with E-state index in [1.165, 1.54) is 13.8 Å². The summed E-state index contributed by atoms with van der Waals surface area (Å²) < 4.78 is 38.1. The molecule has 0 aromatic carbocycles. The first-order valence-electron chi connectivity index (χ1n) is 10.3. The minimum atomic E-state index is -3.90. The number of ether oxygens (including phenoxy) is 1. The number of sulfonamides is 1. The zero-order chi connectivity index (χ0) is 21.6. The van der Waals surface area contributed by atoms with Crippen molar-refractivity contribution < 1.29 is 22.5 Å². The first-order chi connectivity index (χ1) is 13.7. The fraction of sp³-hybridized carbons (Fsp3) is 0.789. The lowest BCUT2D eigenvalue weighted by Crippen LogP contribution is -2.54. The number of amides is 1. The highest BCUT2D eigenvalue weighted by Gasteiger charge is 2.30. The molecule has 29 heavy (non-hydrogen) atoms. The molecule has 1 aromatic heterocycles. The minimum Gasteiger partial charge on any atom is -0.379 e. The molecule has 1 amide bonds. The summed E-state index contributed by atoms with van der Waals surface area (Å²) in [7, 11) is -3.90. The second-order valence-electron chi connectivity index (χ2n) is 7.53. The number of aromatic nitrogens is 1. The fourth-order valence-corrected chi connectivity index (χ4v) is 5.43. The second-order valence-corrected chi connectivity index (χ2v) is 9.18. The minimum absolute atomic E-state index is 0.0135. The van der Waals surface area contributed by atoms with Gasteiger partial charge in [-0.15, -0.1) is 0 Å². The predicted molar refractivity (Wildman–Crippen MR) is 109 cm³/mol. The molecule has 9 nitrogen and oxygen atoms in total. The maximum Gasteiger partial charge on any atom is 0.246 e. The molecule has 10 heteroatoms. The molecule has 0 saturated carbocycles. The first-order valence-corrected chi connectivity index (χ1v) is 11.7. The zero-order valence-corrected chi connectivity index (χ0v) is 18.8. The maximum atomic E-state index is 12.6. The van der Waals surface area contributed by atoms with Crippen molar-refractivity contribution in [2.24, 2.45) is 5.92 Å². The summed E-state index contributed by atoms with van der Waals surface area (Å²) in [5.74, 6) is 0.288. The summed E-state index contributed by atoms with van der Waals surface area (Å²) in [6, 6.07) is -0.718. The van der Waals surface area contributed by atoms with E-state index in [-0.39, 0.29) is 28.3 Å². The van der Waals surface area contributed by atoms with Crippen molar-refractivity contribution in [1.29, 1.82) is 0 Å². The van der Waals surface area contributed by atoms with Crippen LogP contribution in [-0.2, 0) is 19.6 Å². The molecule has 1 aliphatic heterocycles. The summed E-state index contributed by atoms with van der Waals surface area (Å²) in [5.41, 5.74) is 0.267. The van der Waals surface area contributed by atoms with Gasteiger partial charge in [-0.1, -0.05) is 31.8 Å². The molecule has 2 rings (SSSR count). The molecular weight excluding hydrogens is 396 g/mol. The lowest BCUT2D eigenvalue weighted by molar-refractivity contribution is -0.122. The van der Waals surface area contributed by atoms with E-state index in [4.69, 9.17) is 9.26 Å². The van der Waals surface area contributed by atoms with Gasteiger partial charge in [0.25, 0.3) is 0 Å². The topological polar surface area (TPSA) is 114 Å². The molecular formula is C19H34N4O5S. The molecule has 1 aromatic rings. The number of hydrogen-bond donors (Lipinski definition) is 2. The Bertz CT molecular complexity index is 750. The van der Waals surface area contributed by atoms with Crippen molar-refractivity contribution in [2.45, 2.75) is 64.4 Å². The Balaban J connectivity index is 2.01. The van der Waals surface area contributed by atoms with Crippen LogP contribution in [0.4, 0.5) is 0 Å². The molecule has 0 aliphatic carbocycles. The molecule has 2 N–H and O–H groups in total. The summed E-state index contributed by atoms with van der Waals surface area (Å²) in [4.78, 5) is 15.0. The number of aryl methyl sites for hydroxylation is 2. The molecule has 2 atom stereocenters. The van der Waals surface area contributed by atoms with Crippen molar-refractivity contribution in [3.05, 3.63) is 11.5 Å². The number of nitrogens with one attached hydrogen (secondary N) is 2. The van der Waals surface area contributed by atoms with E-state index >= 15 is 0 Å². The van der Waals surface area contributed by atoms with E-state index < -0.39 is 16.1 Å². The Morgan fingerprint density at radius 1 is 1.21 bits per heavy atom. The lowest BCUT2D eigenvalue weighted by atomic mass is 9.92. The van der Waals surface area contributed by atoms with Crippen LogP contribution in [-0.4, -0.2) is 69.3 Å². The van der Waals surface area contributed by atoms with Crippen LogP contribution < -0.4 is 10.0 Å². The van der Waals surface area contributed by atoms with Crippen molar-refractivity contribution in [1.82, 2.24) is 20.1 Å². The standard InChI is InChI=1S/C19H34N4O5S/c1-6-16(7-2)17(23-8-10-27-11-9-23)12-20-19(24)14(4)22-29(25,26)18-13(3)21-28-15(18)5/h14,16-17,22H,6-12H2,1-5H3,(H,20,24)/t14-,17?/m0/s1. The summed E-state index contributed by atoms with van der Waals surface area (Å²) in [6.45, 7) is 12.5. The van der Waals surface area contributed by atoms with Crippen LogP contribution in [0.25, 0.3) is 0 Å². The monoisotopic (exact) mass is 430 g/mol. The first kappa shape index (κ1) is 23.8. The van der Waals surface area contributed by atoms with Gasteiger partial charge >= 0.3 is 0 Å². The van der Waals surface area contributed by atoms with Gasteiger partial charge in [0.1, 0.15) is 10.6 Å². The molecule has 166 valence electrons. The van der Waals surface area contributed by atoms with Gasteiger partial charge in [0.2, 0.25) is 15.9 Å². The van der Waals surface area contributed by atoms with E-state index in [1.54, 1.807) is 6.92 Å². The van der Waals surface area contributed by atoms with Gasteiger partial charge in [0, 0.05) is 25.7 Å². The van der Waals surface area contributed by atoms with E-state index in [0.29, 0.717) is 25.7 Å². The zero-order valence-electron chi connectivity index (χ0n) is 18.0. The van der Waals surface area contributed by atoms with Crippen LogP contribution in [0.3, 0.4) is 0 Å². The molecule has 0 spiro atoms. The van der Waals surface area contributed by atoms with Gasteiger partial charge < -0.3 is 14.6 Å². The average Bonchev–Trinajstić information content (AvgIpc) is 3.04. The molecule has 0 radical (unpaired) electrons. The third-order valence-corrected chi connectivity index (χ3v) is 7.34.